The number of methoxy groups -OCH3 is 1. The van der Waals surface area contributed by atoms with E-state index in [1.807, 2.05) is 24.3 Å². The first-order chi connectivity index (χ1) is 9.58. The largest absolute Gasteiger partial charge is 0.392 e. The van der Waals surface area contributed by atoms with E-state index >= 15 is 0 Å². The molecule has 0 spiro atoms. The maximum absolute atomic E-state index is 12.5. The van der Waals surface area contributed by atoms with Crippen LogP contribution in [0.25, 0.3) is 0 Å². The summed E-state index contributed by atoms with van der Waals surface area (Å²) in [7, 11) is 1.64. The zero-order chi connectivity index (χ0) is 14.6. The van der Waals surface area contributed by atoms with Crippen LogP contribution in [0.2, 0.25) is 0 Å². The second-order valence-corrected chi connectivity index (χ2v) is 5.68. The summed E-state index contributed by atoms with van der Waals surface area (Å²) in [6.07, 6.45) is 3.47. The molecule has 0 atom stereocenters. The van der Waals surface area contributed by atoms with E-state index in [1.165, 1.54) is 0 Å². The molecule has 4 nitrogen and oxygen atoms in total. The van der Waals surface area contributed by atoms with Crippen molar-refractivity contribution in [1.29, 1.82) is 0 Å². The first-order valence-electron chi connectivity index (χ1n) is 6.78. The molecule has 0 bridgehead atoms. The second kappa shape index (κ2) is 6.33. The van der Waals surface area contributed by atoms with Crippen molar-refractivity contribution in [1.82, 2.24) is 0 Å². The summed E-state index contributed by atoms with van der Waals surface area (Å²) in [5, 5.41) is 2.94. The minimum absolute atomic E-state index is 0.0860. The Hall–Kier alpha value is -1.46. The molecule has 5 heteroatoms. The summed E-state index contributed by atoms with van der Waals surface area (Å²) in [4.78, 5) is 12.8. The van der Waals surface area contributed by atoms with Gasteiger partial charge in [0.1, 0.15) is 0 Å². The number of nitrogens with two attached hydrogens (primary N) is 1. The number of nitrogens with one attached hydrogen (secondary N) is 1. The summed E-state index contributed by atoms with van der Waals surface area (Å²) in [5.74, 6) is -0.0860. The average molecular weight is 292 g/mol. The number of carbonyl (C=O) groups excluding carboxylic acids is 1. The van der Waals surface area contributed by atoms with Gasteiger partial charge in [0.05, 0.1) is 17.0 Å². The van der Waals surface area contributed by atoms with Crippen LogP contribution in [0.15, 0.2) is 24.3 Å². The molecule has 1 aliphatic carbocycles. The van der Waals surface area contributed by atoms with Crippen LogP contribution in [0, 0.1) is 5.41 Å². The SMILES string of the molecule is COCc1cccc(NC(=O)C2(C(N)=S)CCCC2)c1. The summed E-state index contributed by atoms with van der Waals surface area (Å²) < 4.78 is 5.09. The monoisotopic (exact) mass is 292 g/mol. The van der Waals surface area contributed by atoms with Gasteiger partial charge in [-0.25, -0.2) is 0 Å². The Morgan fingerprint density at radius 2 is 2.15 bits per heavy atom. The Kier molecular flexibility index (Phi) is 4.73. The molecule has 0 heterocycles. The fourth-order valence-electron chi connectivity index (χ4n) is 2.72. The van der Waals surface area contributed by atoms with Gasteiger partial charge in [-0.2, -0.15) is 0 Å². The van der Waals surface area contributed by atoms with E-state index < -0.39 is 5.41 Å². The fourth-order valence-corrected chi connectivity index (χ4v) is 3.02. The number of thiocarbonyl (C=S) groups is 1. The van der Waals surface area contributed by atoms with Crippen LogP contribution in [0.5, 0.6) is 0 Å². The third kappa shape index (κ3) is 2.99. The van der Waals surface area contributed by atoms with Gasteiger partial charge in [0.25, 0.3) is 0 Å². The van der Waals surface area contributed by atoms with Crippen LogP contribution in [-0.4, -0.2) is 18.0 Å². The smallest absolute Gasteiger partial charge is 0.237 e. The normalized spacial score (nSPS) is 16.9. The number of hydrogen-bond acceptors (Lipinski definition) is 3. The van der Waals surface area contributed by atoms with E-state index in [4.69, 9.17) is 22.7 Å². The first-order valence-corrected chi connectivity index (χ1v) is 7.18. The van der Waals surface area contributed by atoms with E-state index in [9.17, 15) is 4.79 Å². The van der Waals surface area contributed by atoms with Crippen LogP contribution < -0.4 is 11.1 Å². The molecule has 0 unspecified atom stereocenters. The summed E-state index contributed by atoms with van der Waals surface area (Å²) in [5.41, 5.74) is 6.91. The zero-order valence-electron chi connectivity index (χ0n) is 11.6. The molecule has 108 valence electrons. The lowest BCUT2D eigenvalue weighted by atomic mass is 9.85. The van der Waals surface area contributed by atoms with Crippen molar-refractivity contribution in [3.8, 4) is 0 Å². The molecule has 1 fully saturated rings. The number of anilines is 1. The number of ether oxygens (including phenoxy) is 1. The highest BCUT2D eigenvalue weighted by molar-refractivity contribution is 7.80. The molecule has 0 aromatic heterocycles. The van der Waals surface area contributed by atoms with Gasteiger partial charge in [0, 0.05) is 12.8 Å². The lowest BCUT2D eigenvalue weighted by molar-refractivity contribution is -0.122. The van der Waals surface area contributed by atoms with Gasteiger partial charge in [-0.1, -0.05) is 37.2 Å². The van der Waals surface area contributed by atoms with Gasteiger partial charge in [-0.15, -0.1) is 0 Å². The van der Waals surface area contributed by atoms with Crippen molar-refractivity contribution in [2.24, 2.45) is 11.1 Å². The van der Waals surface area contributed by atoms with Gasteiger partial charge in [-0.3, -0.25) is 4.79 Å². The maximum atomic E-state index is 12.5. The number of hydrogen-bond donors (Lipinski definition) is 2. The average Bonchev–Trinajstić information content (AvgIpc) is 2.90. The van der Waals surface area contributed by atoms with Gasteiger partial charge >= 0.3 is 0 Å². The molecule has 3 N–H and O–H groups in total. The van der Waals surface area contributed by atoms with Crippen LogP contribution >= 0.6 is 12.2 Å². The molecular formula is C15H20N2O2S. The summed E-state index contributed by atoms with van der Waals surface area (Å²) in [6.45, 7) is 0.518. The minimum atomic E-state index is -0.674. The highest BCUT2D eigenvalue weighted by Gasteiger charge is 2.43. The molecule has 1 aromatic carbocycles. The van der Waals surface area contributed by atoms with Crippen molar-refractivity contribution in [3.63, 3.8) is 0 Å². The highest BCUT2D eigenvalue weighted by atomic mass is 32.1. The molecule has 1 aromatic rings. The second-order valence-electron chi connectivity index (χ2n) is 5.24. The van der Waals surface area contributed by atoms with Crippen LogP contribution in [0.4, 0.5) is 5.69 Å². The van der Waals surface area contributed by atoms with Crippen molar-refractivity contribution in [2.75, 3.05) is 12.4 Å². The summed E-state index contributed by atoms with van der Waals surface area (Å²) in [6, 6.07) is 7.62. The van der Waals surface area contributed by atoms with Crippen molar-refractivity contribution >= 4 is 28.8 Å². The van der Waals surface area contributed by atoms with Crippen molar-refractivity contribution < 1.29 is 9.53 Å². The molecule has 0 radical (unpaired) electrons. The van der Waals surface area contributed by atoms with Crippen molar-refractivity contribution in [2.45, 2.75) is 32.3 Å². The quantitative estimate of drug-likeness (QED) is 0.819. The van der Waals surface area contributed by atoms with Crippen molar-refractivity contribution in [3.05, 3.63) is 29.8 Å². The van der Waals surface area contributed by atoms with E-state index in [-0.39, 0.29) is 5.91 Å². The zero-order valence-corrected chi connectivity index (χ0v) is 12.5. The third-order valence-electron chi connectivity index (χ3n) is 3.86. The lowest BCUT2D eigenvalue weighted by Crippen LogP contribution is -2.43. The highest BCUT2D eigenvalue weighted by Crippen LogP contribution is 2.39. The first kappa shape index (κ1) is 14.9. The van der Waals surface area contributed by atoms with Gasteiger partial charge in [0.15, 0.2) is 0 Å². The molecule has 2 rings (SSSR count). The van der Waals surface area contributed by atoms with Gasteiger partial charge in [0.2, 0.25) is 5.91 Å². The van der Waals surface area contributed by atoms with E-state index in [0.717, 1.165) is 36.9 Å². The molecule has 0 saturated heterocycles. The van der Waals surface area contributed by atoms with Crippen LogP contribution in [0.1, 0.15) is 31.2 Å². The van der Waals surface area contributed by atoms with Crippen LogP contribution in [0.3, 0.4) is 0 Å². The number of amides is 1. The molecule has 1 saturated carbocycles. The standard InChI is InChI=1S/C15H20N2O2S/c1-19-10-11-5-4-6-12(9-11)17-14(18)15(13(16)20)7-2-3-8-15/h4-6,9H,2-3,7-8,10H2,1H3,(H2,16,20)(H,17,18). The van der Waals surface area contributed by atoms with E-state index in [0.29, 0.717) is 11.6 Å². The van der Waals surface area contributed by atoms with Gasteiger partial charge in [-0.05, 0) is 30.5 Å². The Morgan fingerprint density at radius 3 is 2.75 bits per heavy atom. The number of carbonyl (C=O) groups is 1. The van der Waals surface area contributed by atoms with E-state index in [2.05, 4.69) is 5.32 Å². The molecule has 20 heavy (non-hydrogen) atoms. The third-order valence-corrected chi connectivity index (χ3v) is 4.25. The minimum Gasteiger partial charge on any atom is -0.392 e. The predicted molar refractivity (Wildman–Crippen MR) is 83.5 cm³/mol. The predicted octanol–water partition coefficient (Wildman–Crippen LogP) is 2.62. The molecular weight excluding hydrogens is 272 g/mol. The topological polar surface area (TPSA) is 64.3 Å². The van der Waals surface area contributed by atoms with E-state index in [1.54, 1.807) is 7.11 Å². The fraction of sp³-hybridized carbons (Fsp3) is 0.467. The van der Waals surface area contributed by atoms with Gasteiger partial charge < -0.3 is 15.8 Å². The van der Waals surface area contributed by atoms with Crippen LogP contribution in [-0.2, 0) is 16.1 Å². The summed E-state index contributed by atoms with van der Waals surface area (Å²) >= 11 is 5.12. The molecule has 1 aliphatic rings. The Bertz CT molecular complexity index is 510. The Labute approximate surface area is 124 Å². The Morgan fingerprint density at radius 1 is 1.45 bits per heavy atom. The molecule has 1 amide bonds. The molecule has 0 aliphatic heterocycles. The number of rotatable bonds is 5. The maximum Gasteiger partial charge on any atom is 0.237 e. The lowest BCUT2D eigenvalue weighted by Gasteiger charge is -2.26. The number of benzene rings is 1. The Balaban J connectivity index is 2.14.